The minimum atomic E-state index is -0.250. The zero-order valence-electron chi connectivity index (χ0n) is 16.7. The van der Waals surface area contributed by atoms with E-state index in [-0.39, 0.29) is 18.4 Å². The van der Waals surface area contributed by atoms with Crippen molar-refractivity contribution >= 4 is 17.6 Å². The van der Waals surface area contributed by atoms with Gasteiger partial charge in [0.05, 0.1) is 6.54 Å². The van der Waals surface area contributed by atoms with Crippen molar-refractivity contribution in [3.63, 3.8) is 0 Å². The number of unbranched alkanes of at least 4 members (excludes halogenated alkanes) is 3. The van der Waals surface area contributed by atoms with Crippen LogP contribution in [0.25, 0.3) is 0 Å². The molecule has 0 saturated heterocycles. The van der Waals surface area contributed by atoms with E-state index in [4.69, 9.17) is 4.52 Å². The van der Waals surface area contributed by atoms with Crippen LogP contribution in [0.4, 0.5) is 5.82 Å². The lowest BCUT2D eigenvalue weighted by atomic mass is 10.1. The average molecular weight is 367 g/mol. The Morgan fingerprint density at radius 3 is 2.42 bits per heavy atom. The molecule has 26 heavy (non-hydrogen) atoms. The Kier molecular flexibility index (Phi) is 10.6. The van der Waals surface area contributed by atoms with Crippen LogP contribution in [-0.4, -0.2) is 59.5 Å². The second-order valence-corrected chi connectivity index (χ2v) is 6.52. The van der Waals surface area contributed by atoms with E-state index in [1.54, 1.807) is 17.9 Å². The van der Waals surface area contributed by atoms with Crippen LogP contribution in [0, 0.1) is 6.92 Å². The summed E-state index contributed by atoms with van der Waals surface area (Å²) in [6, 6.07) is 1.66. The molecule has 1 N–H and O–H groups in total. The molecule has 0 aromatic carbocycles. The number of rotatable bonds is 13. The quantitative estimate of drug-likeness (QED) is 0.543. The molecule has 0 aliphatic carbocycles. The summed E-state index contributed by atoms with van der Waals surface area (Å²) in [5.41, 5.74) is 0. The first-order valence-electron chi connectivity index (χ1n) is 9.73. The Labute approximate surface area is 157 Å². The van der Waals surface area contributed by atoms with E-state index in [2.05, 4.69) is 36.1 Å². The molecule has 1 rings (SSSR count). The molecule has 0 aliphatic rings. The van der Waals surface area contributed by atoms with Gasteiger partial charge in [-0.1, -0.05) is 45.2 Å². The van der Waals surface area contributed by atoms with Gasteiger partial charge < -0.3 is 19.6 Å². The number of carbonyl (C=O) groups excluding carboxylic acids is 2. The Hall–Kier alpha value is -1.89. The third kappa shape index (κ3) is 8.47. The van der Waals surface area contributed by atoms with Gasteiger partial charge >= 0.3 is 0 Å². The van der Waals surface area contributed by atoms with Crippen LogP contribution in [-0.2, 0) is 9.59 Å². The lowest BCUT2D eigenvalue weighted by Crippen LogP contribution is -2.42. The zero-order valence-corrected chi connectivity index (χ0v) is 16.7. The molecule has 2 amide bonds. The molecule has 0 unspecified atom stereocenters. The highest BCUT2D eigenvalue weighted by molar-refractivity contribution is 5.93. The van der Waals surface area contributed by atoms with Crippen LogP contribution < -0.4 is 5.32 Å². The van der Waals surface area contributed by atoms with Crippen LogP contribution in [0.1, 0.15) is 58.6 Å². The predicted octanol–water partition coefficient (Wildman–Crippen LogP) is 3.06. The fourth-order valence-corrected chi connectivity index (χ4v) is 2.74. The largest absolute Gasteiger partial charge is 0.360 e. The second kappa shape index (κ2) is 12.5. The van der Waals surface area contributed by atoms with Gasteiger partial charge in [-0.3, -0.25) is 9.59 Å². The maximum atomic E-state index is 12.6. The van der Waals surface area contributed by atoms with Crippen molar-refractivity contribution in [2.24, 2.45) is 0 Å². The number of anilines is 1. The number of nitrogens with one attached hydrogen (secondary N) is 1. The van der Waals surface area contributed by atoms with Gasteiger partial charge in [-0.15, -0.1) is 0 Å². The first-order chi connectivity index (χ1) is 12.5. The van der Waals surface area contributed by atoms with E-state index in [0.717, 1.165) is 45.3 Å². The highest BCUT2D eigenvalue weighted by Crippen LogP contribution is 2.09. The summed E-state index contributed by atoms with van der Waals surface area (Å²) in [5, 5.41) is 6.45. The third-order valence-electron chi connectivity index (χ3n) is 4.41. The molecule has 0 atom stereocenters. The van der Waals surface area contributed by atoms with Crippen LogP contribution in [0.2, 0.25) is 0 Å². The SMILES string of the molecule is CCCCCCC(=O)N(CCN(CC)CC)CC(=O)Nc1cc(C)on1. The van der Waals surface area contributed by atoms with Crippen molar-refractivity contribution in [2.45, 2.75) is 59.8 Å². The summed E-state index contributed by atoms with van der Waals surface area (Å²) in [6.45, 7) is 11.3. The number of nitrogens with zero attached hydrogens (tertiary/aromatic N) is 3. The van der Waals surface area contributed by atoms with E-state index in [9.17, 15) is 9.59 Å². The first-order valence-corrected chi connectivity index (χ1v) is 9.73. The third-order valence-corrected chi connectivity index (χ3v) is 4.41. The molecule has 1 heterocycles. The number of hydrogen-bond donors (Lipinski definition) is 1. The fourth-order valence-electron chi connectivity index (χ4n) is 2.74. The van der Waals surface area contributed by atoms with E-state index >= 15 is 0 Å². The number of aryl methyl sites for hydroxylation is 1. The summed E-state index contributed by atoms with van der Waals surface area (Å²) >= 11 is 0. The smallest absolute Gasteiger partial charge is 0.245 e. The average Bonchev–Trinajstić information content (AvgIpc) is 3.02. The minimum Gasteiger partial charge on any atom is -0.360 e. The van der Waals surface area contributed by atoms with Crippen LogP contribution in [0.3, 0.4) is 0 Å². The van der Waals surface area contributed by atoms with Crippen molar-refractivity contribution in [1.82, 2.24) is 15.0 Å². The number of carbonyl (C=O) groups is 2. The highest BCUT2D eigenvalue weighted by Gasteiger charge is 2.18. The Bertz CT molecular complexity index is 541. The molecule has 0 aliphatic heterocycles. The van der Waals surface area contributed by atoms with E-state index in [0.29, 0.717) is 24.5 Å². The molecule has 0 radical (unpaired) electrons. The number of aromatic nitrogens is 1. The maximum Gasteiger partial charge on any atom is 0.245 e. The van der Waals surface area contributed by atoms with Gasteiger partial charge in [0.2, 0.25) is 11.8 Å². The number of likely N-dealkylation sites (N-methyl/N-ethyl adjacent to an activating group) is 1. The van der Waals surface area contributed by atoms with Gasteiger partial charge in [0.15, 0.2) is 5.82 Å². The molecular weight excluding hydrogens is 332 g/mol. The molecular formula is C19H34N4O3. The molecule has 148 valence electrons. The maximum absolute atomic E-state index is 12.6. The first kappa shape index (κ1) is 22.2. The molecule has 0 saturated carbocycles. The fraction of sp³-hybridized carbons (Fsp3) is 0.737. The van der Waals surface area contributed by atoms with Crippen LogP contribution >= 0.6 is 0 Å². The standard InChI is InChI=1S/C19H34N4O3/c1-5-8-9-10-11-19(25)23(13-12-22(6-2)7-3)15-18(24)20-17-14-16(4)26-21-17/h14H,5-13,15H2,1-4H3,(H,20,21,24). The predicted molar refractivity (Wildman–Crippen MR) is 103 cm³/mol. The minimum absolute atomic E-state index is 0.0414. The summed E-state index contributed by atoms with van der Waals surface area (Å²) in [5.74, 6) is 0.803. The molecule has 1 aromatic rings. The van der Waals surface area contributed by atoms with Gasteiger partial charge in [-0.2, -0.15) is 0 Å². The zero-order chi connectivity index (χ0) is 19.4. The Morgan fingerprint density at radius 1 is 1.12 bits per heavy atom. The Balaban J connectivity index is 2.59. The monoisotopic (exact) mass is 366 g/mol. The molecule has 1 aromatic heterocycles. The summed E-state index contributed by atoms with van der Waals surface area (Å²) < 4.78 is 4.95. The van der Waals surface area contributed by atoms with E-state index in [1.165, 1.54) is 0 Å². The second-order valence-electron chi connectivity index (χ2n) is 6.52. The topological polar surface area (TPSA) is 78.7 Å². The number of amides is 2. The summed E-state index contributed by atoms with van der Waals surface area (Å²) in [6.07, 6.45) is 4.70. The van der Waals surface area contributed by atoms with Gasteiger partial charge in [-0.05, 0) is 26.4 Å². The molecule has 0 bridgehead atoms. The molecule has 0 spiro atoms. The van der Waals surface area contributed by atoms with E-state index < -0.39 is 0 Å². The van der Waals surface area contributed by atoms with Crippen molar-refractivity contribution in [3.05, 3.63) is 11.8 Å². The van der Waals surface area contributed by atoms with Gasteiger partial charge in [0.25, 0.3) is 0 Å². The van der Waals surface area contributed by atoms with Gasteiger partial charge in [0.1, 0.15) is 5.76 Å². The summed E-state index contributed by atoms with van der Waals surface area (Å²) in [4.78, 5) is 28.8. The van der Waals surface area contributed by atoms with Gasteiger partial charge in [-0.25, -0.2) is 0 Å². The normalized spacial score (nSPS) is 11.0. The van der Waals surface area contributed by atoms with E-state index in [1.807, 2.05) is 0 Å². The molecule has 0 fully saturated rings. The lowest BCUT2D eigenvalue weighted by Gasteiger charge is -2.26. The van der Waals surface area contributed by atoms with Crippen molar-refractivity contribution < 1.29 is 14.1 Å². The molecule has 7 heteroatoms. The summed E-state index contributed by atoms with van der Waals surface area (Å²) in [7, 11) is 0. The molecule has 7 nitrogen and oxygen atoms in total. The highest BCUT2D eigenvalue weighted by atomic mass is 16.5. The van der Waals surface area contributed by atoms with Crippen molar-refractivity contribution in [2.75, 3.05) is 38.0 Å². The van der Waals surface area contributed by atoms with Crippen LogP contribution in [0.15, 0.2) is 10.6 Å². The van der Waals surface area contributed by atoms with Gasteiger partial charge in [0, 0.05) is 25.6 Å². The van der Waals surface area contributed by atoms with Crippen molar-refractivity contribution in [3.8, 4) is 0 Å². The van der Waals surface area contributed by atoms with Crippen LogP contribution in [0.5, 0.6) is 0 Å². The lowest BCUT2D eigenvalue weighted by molar-refractivity contribution is -0.135. The Morgan fingerprint density at radius 2 is 1.85 bits per heavy atom. The number of hydrogen-bond acceptors (Lipinski definition) is 5. The van der Waals surface area contributed by atoms with Crippen molar-refractivity contribution in [1.29, 1.82) is 0 Å².